The van der Waals surface area contributed by atoms with Gasteiger partial charge in [-0.15, -0.1) is 0 Å². The van der Waals surface area contributed by atoms with Crippen molar-refractivity contribution in [2.24, 2.45) is 5.14 Å². The number of hydrogen-bond donors (Lipinski definition) is 1. The zero-order valence-corrected chi connectivity index (χ0v) is 13.9. The molecule has 1 aromatic carbocycles. The van der Waals surface area contributed by atoms with Crippen molar-refractivity contribution in [1.82, 2.24) is 0 Å². The number of benzene rings is 1. The van der Waals surface area contributed by atoms with Crippen LogP contribution >= 0.6 is 0 Å². The predicted octanol–water partition coefficient (Wildman–Crippen LogP) is 2.20. The van der Waals surface area contributed by atoms with Crippen molar-refractivity contribution in [2.75, 3.05) is 0 Å². The Morgan fingerprint density at radius 2 is 1.82 bits per heavy atom. The van der Waals surface area contributed by atoms with E-state index in [1.807, 2.05) is 20.8 Å². The summed E-state index contributed by atoms with van der Waals surface area (Å²) in [6, 6.07) is 6.03. The van der Waals surface area contributed by atoms with Crippen molar-refractivity contribution in [3.8, 4) is 11.8 Å². The number of carbonyl (C=O) groups is 1. The van der Waals surface area contributed by atoms with Gasteiger partial charge in [-0.1, -0.05) is 11.8 Å². The molecule has 0 aliphatic heterocycles. The van der Waals surface area contributed by atoms with E-state index in [9.17, 15) is 13.2 Å². The van der Waals surface area contributed by atoms with E-state index in [1.54, 1.807) is 12.1 Å². The normalized spacial score (nSPS) is 11.5. The molecule has 0 amide bonds. The van der Waals surface area contributed by atoms with Gasteiger partial charge in [-0.2, -0.15) is 0 Å². The number of ether oxygens (including phenoxy) is 1. The molecule has 1 aromatic rings. The van der Waals surface area contributed by atoms with E-state index >= 15 is 0 Å². The molecule has 0 bridgehead atoms. The minimum absolute atomic E-state index is 0.0583. The van der Waals surface area contributed by atoms with Crippen LogP contribution in [0.2, 0.25) is 0 Å². The molecule has 0 saturated heterocycles. The van der Waals surface area contributed by atoms with Gasteiger partial charge < -0.3 is 4.74 Å². The Balaban J connectivity index is 2.44. The number of hydrogen-bond acceptors (Lipinski definition) is 4. The van der Waals surface area contributed by atoms with Gasteiger partial charge in [0.05, 0.1) is 4.90 Å². The molecule has 0 atom stereocenters. The molecule has 0 fully saturated rings. The Morgan fingerprint density at radius 3 is 2.32 bits per heavy atom. The molecule has 0 radical (unpaired) electrons. The highest BCUT2D eigenvalue weighted by Gasteiger charge is 2.15. The maximum absolute atomic E-state index is 11.5. The van der Waals surface area contributed by atoms with Crippen LogP contribution in [0, 0.1) is 11.8 Å². The first kappa shape index (κ1) is 18.2. The summed E-state index contributed by atoms with van der Waals surface area (Å²) in [5.74, 6) is 5.62. The van der Waals surface area contributed by atoms with E-state index < -0.39 is 15.6 Å². The number of rotatable bonds is 4. The fourth-order valence-electron chi connectivity index (χ4n) is 1.61. The third-order valence-electron chi connectivity index (χ3n) is 2.52. The zero-order valence-electron chi connectivity index (χ0n) is 13.0. The molecular weight excluding hydrogens is 302 g/mol. The van der Waals surface area contributed by atoms with Gasteiger partial charge in [0.25, 0.3) is 0 Å². The largest absolute Gasteiger partial charge is 0.460 e. The first-order valence-electron chi connectivity index (χ1n) is 6.91. The van der Waals surface area contributed by atoms with E-state index in [-0.39, 0.29) is 10.9 Å². The molecule has 0 spiro atoms. The summed E-state index contributed by atoms with van der Waals surface area (Å²) in [6.45, 7) is 5.49. The second kappa shape index (κ2) is 7.43. The lowest BCUT2D eigenvalue weighted by Crippen LogP contribution is -2.23. The van der Waals surface area contributed by atoms with Gasteiger partial charge in [-0.25, -0.2) is 13.6 Å². The van der Waals surface area contributed by atoms with Crippen LogP contribution < -0.4 is 5.14 Å². The highest BCUT2D eigenvalue weighted by atomic mass is 32.2. The van der Waals surface area contributed by atoms with Crippen LogP contribution in [0.15, 0.2) is 29.2 Å². The zero-order chi connectivity index (χ0) is 16.8. The van der Waals surface area contributed by atoms with Crippen LogP contribution in [-0.4, -0.2) is 20.0 Å². The minimum Gasteiger partial charge on any atom is -0.460 e. The monoisotopic (exact) mass is 323 g/mol. The summed E-state index contributed by atoms with van der Waals surface area (Å²) >= 11 is 0. The SMILES string of the molecule is CC(C)(C)OC(=O)CCCC#Cc1ccc(S(N)(=O)=O)cc1. The van der Waals surface area contributed by atoms with Crippen LogP contribution in [0.25, 0.3) is 0 Å². The number of primary sulfonamides is 1. The number of unbranched alkanes of at least 4 members (excludes halogenated alkanes) is 1. The molecule has 22 heavy (non-hydrogen) atoms. The molecule has 0 aliphatic carbocycles. The maximum Gasteiger partial charge on any atom is 0.306 e. The van der Waals surface area contributed by atoms with Crippen molar-refractivity contribution < 1.29 is 17.9 Å². The van der Waals surface area contributed by atoms with Crippen LogP contribution in [0.3, 0.4) is 0 Å². The highest BCUT2D eigenvalue weighted by Crippen LogP contribution is 2.10. The smallest absolute Gasteiger partial charge is 0.306 e. The molecule has 0 aromatic heterocycles. The highest BCUT2D eigenvalue weighted by molar-refractivity contribution is 7.89. The first-order chi connectivity index (χ1) is 10.1. The Labute approximate surface area is 131 Å². The lowest BCUT2D eigenvalue weighted by Gasteiger charge is -2.19. The average molecular weight is 323 g/mol. The number of esters is 1. The summed E-state index contributed by atoms with van der Waals surface area (Å²) in [5.41, 5.74) is 0.234. The second-order valence-corrected chi connectivity index (χ2v) is 7.37. The van der Waals surface area contributed by atoms with Crippen molar-refractivity contribution >= 4 is 16.0 Å². The van der Waals surface area contributed by atoms with E-state index in [2.05, 4.69) is 11.8 Å². The molecule has 1 rings (SSSR count). The summed E-state index contributed by atoms with van der Waals surface area (Å²) in [7, 11) is -3.67. The molecule has 120 valence electrons. The van der Waals surface area contributed by atoms with Crippen LogP contribution in [0.1, 0.15) is 45.6 Å². The summed E-state index contributed by atoms with van der Waals surface area (Å²) in [5, 5.41) is 5.01. The Morgan fingerprint density at radius 1 is 1.23 bits per heavy atom. The Hall–Kier alpha value is -1.84. The topological polar surface area (TPSA) is 86.5 Å². The van der Waals surface area contributed by atoms with E-state index in [0.717, 1.165) is 0 Å². The average Bonchev–Trinajstić information content (AvgIpc) is 2.35. The van der Waals surface area contributed by atoms with Crippen LogP contribution in [-0.2, 0) is 19.6 Å². The van der Waals surface area contributed by atoms with Gasteiger partial charge in [0, 0.05) is 18.4 Å². The first-order valence-corrected chi connectivity index (χ1v) is 8.46. The van der Waals surface area contributed by atoms with Crippen LogP contribution in [0.5, 0.6) is 0 Å². The van der Waals surface area contributed by atoms with Crippen molar-refractivity contribution in [1.29, 1.82) is 0 Å². The Bertz CT molecular complexity index is 674. The van der Waals surface area contributed by atoms with Gasteiger partial charge in [0.1, 0.15) is 5.60 Å². The van der Waals surface area contributed by atoms with Gasteiger partial charge >= 0.3 is 5.97 Å². The number of nitrogens with two attached hydrogens (primary N) is 1. The number of sulfonamides is 1. The molecule has 6 heteroatoms. The van der Waals surface area contributed by atoms with Gasteiger partial charge in [0.15, 0.2) is 0 Å². The van der Waals surface area contributed by atoms with Crippen LogP contribution in [0.4, 0.5) is 0 Å². The third kappa shape index (κ3) is 7.25. The van der Waals surface area contributed by atoms with Gasteiger partial charge in [-0.05, 0) is 51.5 Å². The van der Waals surface area contributed by atoms with E-state index in [1.165, 1.54) is 12.1 Å². The fraction of sp³-hybridized carbons (Fsp3) is 0.438. The predicted molar refractivity (Wildman–Crippen MR) is 84.4 cm³/mol. The molecule has 0 aliphatic rings. The van der Waals surface area contributed by atoms with Gasteiger partial charge in [-0.3, -0.25) is 4.79 Å². The second-order valence-electron chi connectivity index (χ2n) is 5.81. The molecule has 5 nitrogen and oxygen atoms in total. The van der Waals surface area contributed by atoms with Crippen molar-refractivity contribution in [2.45, 2.75) is 50.5 Å². The molecule has 0 saturated carbocycles. The third-order valence-corrected chi connectivity index (χ3v) is 3.45. The molecule has 0 heterocycles. The Kier molecular flexibility index (Phi) is 6.15. The lowest BCUT2D eigenvalue weighted by atomic mass is 10.2. The molecule has 2 N–H and O–H groups in total. The van der Waals surface area contributed by atoms with Crippen molar-refractivity contribution in [3.63, 3.8) is 0 Å². The quantitative estimate of drug-likeness (QED) is 0.523. The summed E-state index contributed by atoms with van der Waals surface area (Å²) in [6.07, 6.45) is 1.52. The fourth-order valence-corrected chi connectivity index (χ4v) is 2.12. The minimum atomic E-state index is -3.67. The van der Waals surface area contributed by atoms with E-state index in [4.69, 9.17) is 9.88 Å². The van der Waals surface area contributed by atoms with Gasteiger partial charge in [0.2, 0.25) is 10.0 Å². The molecule has 0 unspecified atom stereocenters. The molecular formula is C16H21NO4S. The summed E-state index contributed by atoms with van der Waals surface area (Å²) < 4.78 is 27.4. The maximum atomic E-state index is 11.5. The summed E-state index contributed by atoms with van der Waals surface area (Å²) in [4.78, 5) is 11.5. The van der Waals surface area contributed by atoms with Crippen molar-refractivity contribution in [3.05, 3.63) is 29.8 Å². The number of carbonyl (C=O) groups excluding carboxylic acids is 1. The lowest BCUT2D eigenvalue weighted by molar-refractivity contribution is -0.154. The standard InChI is InChI=1S/C16H21NO4S/c1-16(2,3)21-15(18)8-6-4-5-7-13-9-11-14(12-10-13)22(17,19)20/h9-12H,4,6,8H2,1-3H3,(H2,17,19,20). The van der Waals surface area contributed by atoms with E-state index in [0.29, 0.717) is 24.8 Å².